The zero-order valence-corrected chi connectivity index (χ0v) is 17.2. The van der Waals surface area contributed by atoms with Gasteiger partial charge in [-0.25, -0.2) is 12.9 Å². The zero-order valence-electron chi connectivity index (χ0n) is 16.4. The van der Waals surface area contributed by atoms with E-state index in [2.05, 4.69) is 18.0 Å². The van der Waals surface area contributed by atoms with Crippen molar-refractivity contribution in [2.24, 2.45) is 0 Å². The van der Waals surface area contributed by atoms with Crippen LogP contribution in [0, 0.1) is 5.82 Å². The molecule has 4 rings (SSSR count). The molecule has 148 valence electrons. The number of nitrogens with one attached hydrogen (secondary N) is 1. The predicted molar refractivity (Wildman–Crippen MR) is 111 cm³/mol. The van der Waals surface area contributed by atoms with Crippen LogP contribution in [0.3, 0.4) is 0 Å². The van der Waals surface area contributed by atoms with Crippen LogP contribution < -0.4 is 0 Å². The number of carbonyl (C=O) groups excluding carboxylic acids is 1. The molecule has 0 radical (unpaired) electrons. The molecule has 0 spiro atoms. The van der Waals surface area contributed by atoms with Crippen molar-refractivity contribution < 1.29 is 13.4 Å². The molecule has 1 aliphatic heterocycles. The van der Waals surface area contributed by atoms with Gasteiger partial charge in [-0.3, -0.25) is 4.79 Å². The van der Waals surface area contributed by atoms with Crippen LogP contribution in [0.4, 0.5) is 4.39 Å². The molecule has 0 fully saturated rings. The number of halogens is 1. The van der Waals surface area contributed by atoms with Crippen molar-refractivity contribution in [1.82, 2.24) is 14.2 Å². The predicted octanol–water partition coefficient (Wildman–Crippen LogP) is 4.10. The topological polar surface area (TPSA) is 56.4 Å². The Morgan fingerprint density at radius 3 is 2.61 bits per heavy atom. The maximum atomic E-state index is 13.3. The van der Waals surface area contributed by atoms with E-state index in [0.29, 0.717) is 0 Å². The van der Waals surface area contributed by atoms with Gasteiger partial charge in [-0.1, -0.05) is 13.0 Å². The normalized spacial score (nSPS) is 18.5. The lowest BCUT2D eigenvalue weighted by molar-refractivity contribution is -0.115. The van der Waals surface area contributed by atoms with Gasteiger partial charge in [0.1, 0.15) is 16.8 Å². The largest absolute Gasteiger partial charge is 0.360 e. The number of rotatable bonds is 3. The number of aromatic amines is 1. The quantitative estimate of drug-likeness (QED) is 0.672. The lowest BCUT2D eigenvalue weighted by Gasteiger charge is -2.16. The molecule has 1 aromatic heterocycles. The Morgan fingerprint density at radius 1 is 1.25 bits per heavy atom. The molecule has 0 aliphatic carbocycles. The fraction of sp³-hybridized carbons (Fsp3) is 0.286. The second-order valence-corrected chi connectivity index (χ2v) is 8.28. The number of carbonyl (C=O) groups is 1. The molecule has 1 aliphatic rings. The summed E-state index contributed by atoms with van der Waals surface area (Å²) in [5.41, 5.74) is 3.99. The van der Waals surface area contributed by atoms with Gasteiger partial charge in [0.15, 0.2) is 0 Å². The Balaban J connectivity index is 0.000000403. The molecule has 1 N–H and O–H groups in total. The monoisotopic (exact) mass is 401 g/mol. The molecule has 1 amide bonds. The number of amides is 1. The number of fused-ring (bicyclic) bond motifs is 2. The number of hydrogen-bond acceptors (Lipinski definition) is 2. The van der Waals surface area contributed by atoms with Crippen molar-refractivity contribution in [3.63, 3.8) is 0 Å². The number of aromatic nitrogens is 1. The van der Waals surface area contributed by atoms with E-state index in [1.807, 2.05) is 29.6 Å². The highest BCUT2D eigenvalue weighted by Crippen LogP contribution is 2.39. The summed E-state index contributed by atoms with van der Waals surface area (Å²) >= 11 is 0. The van der Waals surface area contributed by atoms with Crippen LogP contribution in [0.5, 0.6) is 0 Å². The molecule has 2 aromatic carbocycles. The standard InChI is InChI=1S/C18H17FN2OS.C3H7NO/c1-3-21-11(2)15-8-12(4-7-18(15)23(21)22)16-10-20-17-9-13(19)5-6-14(16)17;1-4(2)3-5/h4-11,20H,3H2,1-2H3;3H,1-2H3. The van der Waals surface area contributed by atoms with Crippen molar-refractivity contribution in [2.75, 3.05) is 20.6 Å². The average Bonchev–Trinajstić information content (AvgIpc) is 3.20. The average molecular weight is 402 g/mol. The third-order valence-corrected chi connectivity index (χ3v) is 6.52. The highest BCUT2D eigenvalue weighted by Gasteiger charge is 2.32. The summed E-state index contributed by atoms with van der Waals surface area (Å²) in [6.45, 7) is 4.86. The minimum Gasteiger partial charge on any atom is -0.360 e. The SMILES string of the molecule is CCN1C(C)c2cc(-c3c[nH]c4cc(F)ccc34)ccc2S1=O.CN(C)C=O. The Kier molecular flexibility index (Phi) is 5.96. The summed E-state index contributed by atoms with van der Waals surface area (Å²) < 4.78 is 27.8. The lowest BCUT2D eigenvalue weighted by atomic mass is 9.99. The molecular weight excluding hydrogens is 377 g/mol. The molecular formula is C21H24FN3O2S. The van der Waals surface area contributed by atoms with Crippen LogP contribution >= 0.6 is 0 Å². The Labute approximate surface area is 166 Å². The van der Waals surface area contributed by atoms with Gasteiger partial charge in [0, 0.05) is 49.3 Å². The maximum absolute atomic E-state index is 13.3. The molecule has 3 aromatic rings. The van der Waals surface area contributed by atoms with E-state index in [1.54, 1.807) is 20.2 Å². The summed E-state index contributed by atoms with van der Waals surface area (Å²) in [5.74, 6) is -0.248. The second-order valence-electron chi connectivity index (χ2n) is 6.87. The molecule has 2 atom stereocenters. The number of benzene rings is 2. The van der Waals surface area contributed by atoms with Crippen LogP contribution in [0.1, 0.15) is 25.5 Å². The van der Waals surface area contributed by atoms with E-state index < -0.39 is 11.0 Å². The molecule has 2 heterocycles. The first-order valence-corrected chi connectivity index (χ1v) is 10.2. The molecule has 28 heavy (non-hydrogen) atoms. The Morgan fingerprint density at radius 2 is 1.96 bits per heavy atom. The Bertz CT molecular complexity index is 1030. The van der Waals surface area contributed by atoms with Crippen molar-refractivity contribution in [3.8, 4) is 11.1 Å². The Hall–Kier alpha value is -2.51. The van der Waals surface area contributed by atoms with E-state index >= 15 is 0 Å². The van der Waals surface area contributed by atoms with Gasteiger partial charge in [-0.05, 0) is 48.4 Å². The minimum absolute atomic E-state index is 0.137. The fourth-order valence-electron chi connectivity index (χ4n) is 3.35. The summed E-state index contributed by atoms with van der Waals surface area (Å²) in [6, 6.07) is 11.0. The molecule has 7 heteroatoms. The van der Waals surface area contributed by atoms with E-state index in [1.165, 1.54) is 17.0 Å². The van der Waals surface area contributed by atoms with Gasteiger partial charge in [0.25, 0.3) is 0 Å². The van der Waals surface area contributed by atoms with Crippen molar-refractivity contribution in [2.45, 2.75) is 24.8 Å². The van der Waals surface area contributed by atoms with Gasteiger partial charge in [-0.2, -0.15) is 0 Å². The molecule has 0 saturated carbocycles. The van der Waals surface area contributed by atoms with E-state index in [0.717, 1.165) is 45.4 Å². The third-order valence-electron chi connectivity index (χ3n) is 4.77. The van der Waals surface area contributed by atoms with Crippen LogP contribution in [0.25, 0.3) is 22.0 Å². The first kappa shape index (κ1) is 20.2. The van der Waals surface area contributed by atoms with Crippen LogP contribution in [0.2, 0.25) is 0 Å². The van der Waals surface area contributed by atoms with Gasteiger partial charge in [-0.15, -0.1) is 0 Å². The van der Waals surface area contributed by atoms with Crippen molar-refractivity contribution in [1.29, 1.82) is 0 Å². The first-order valence-electron chi connectivity index (χ1n) is 9.08. The number of hydrogen-bond donors (Lipinski definition) is 1. The third kappa shape index (κ3) is 3.72. The number of H-pyrrole nitrogens is 1. The maximum Gasteiger partial charge on any atom is 0.209 e. The fourth-order valence-corrected chi connectivity index (χ4v) is 4.86. The minimum atomic E-state index is -1.08. The van der Waals surface area contributed by atoms with Crippen LogP contribution in [-0.2, 0) is 15.8 Å². The molecule has 2 unspecified atom stereocenters. The second kappa shape index (κ2) is 8.24. The van der Waals surface area contributed by atoms with E-state index in [4.69, 9.17) is 0 Å². The van der Waals surface area contributed by atoms with Gasteiger partial charge >= 0.3 is 0 Å². The van der Waals surface area contributed by atoms with Crippen molar-refractivity contribution >= 4 is 28.3 Å². The summed E-state index contributed by atoms with van der Waals surface area (Å²) in [7, 11) is 2.30. The molecule has 0 bridgehead atoms. The molecule has 0 saturated heterocycles. The zero-order chi connectivity index (χ0) is 20.4. The van der Waals surface area contributed by atoms with Crippen LogP contribution in [-0.4, -0.2) is 45.4 Å². The summed E-state index contributed by atoms with van der Waals surface area (Å²) in [6.07, 6.45) is 2.65. The molecule has 5 nitrogen and oxygen atoms in total. The number of nitrogens with zero attached hydrogens (tertiary/aromatic N) is 2. The first-order chi connectivity index (χ1) is 13.4. The highest BCUT2D eigenvalue weighted by atomic mass is 32.2. The summed E-state index contributed by atoms with van der Waals surface area (Å²) in [5, 5.41) is 0.991. The highest BCUT2D eigenvalue weighted by molar-refractivity contribution is 7.83. The van der Waals surface area contributed by atoms with E-state index in [9.17, 15) is 13.4 Å². The summed E-state index contributed by atoms with van der Waals surface area (Å²) in [4.78, 5) is 14.9. The smallest absolute Gasteiger partial charge is 0.209 e. The van der Waals surface area contributed by atoms with Gasteiger partial charge in [0.05, 0.1) is 4.90 Å². The lowest BCUT2D eigenvalue weighted by Crippen LogP contribution is -2.21. The van der Waals surface area contributed by atoms with E-state index in [-0.39, 0.29) is 11.9 Å². The van der Waals surface area contributed by atoms with Crippen LogP contribution in [0.15, 0.2) is 47.5 Å². The van der Waals surface area contributed by atoms with Gasteiger partial charge < -0.3 is 9.88 Å². The van der Waals surface area contributed by atoms with Gasteiger partial charge in [0.2, 0.25) is 6.41 Å². The van der Waals surface area contributed by atoms with Crippen molar-refractivity contribution in [3.05, 3.63) is 54.0 Å².